The molecule has 0 aliphatic carbocycles. The maximum atomic E-state index is 13.3. The normalized spacial score (nSPS) is 11.2. The van der Waals surface area contributed by atoms with E-state index in [2.05, 4.69) is 5.10 Å². The van der Waals surface area contributed by atoms with Crippen LogP contribution in [0, 0.1) is 20.8 Å². The number of amides is 1. The number of nitrogens with zero attached hydrogens (tertiary/aromatic N) is 4. The quantitative estimate of drug-likeness (QED) is 0.436. The lowest BCUT2D eigenvalue weighted by Gasteiger charge is -2.20. The van der Waals surface area contributed by atoms with E-state index in [4.69, 9.17) is 16.6 Å². The molecule has 148 valence electrons. The van der Waals surface area contributed by atoms with Crippen LogP contribution >= 0.6 is 22.9 Å². The molecule has 0 aliphatic rings. The minimum Gasteiger partial charge on any atom is -0.282 e. The molecule has 2 aromatic carbocycles. The second-order valence-corrected chi connectivity index (χ2v) is 8.56. The summed E-state index contributed by atoms with van der Waals surface area (Å²) in [4.78, 5) is 19.8. The Hall–Kier alpha value is -2.70. The number of hydrogen-bond donors (Lipinski definition) is 0. The lowest BCUT2D eigenvalue weighted by atomic mass is 10.2. The van der Waals surface area contributed by atoms with Crippen molar-refractivity contribution in [1.29, 1.82) is 0 Å². The topological polar surface area (TPSA) is 51.0 Å². The molecule has 0 atom stereocenters. The first-order chi connectivity index (χ1) is 13.9. The highest BCUT2D eigenvalue weighted by atomic mass is 35.5. The van der Waals surface area contributed by atoms with Gasteiger partial charge in [-0.1, -0.05) is 53.3 Å². The van der Waals surface area contributed by atoms with Crippen LogP contribution < -0.4 is 4.90 Å². The van der Waals surface area contributed by atoms with Crippen LogP contribution in [0.5, 0.6) is 0 Å². The average Bonchev–Trinajstić information content (AvgIpc) is 3.23. The zero-order chi connectivity index (χ0) is 20.5. The summed E-state index contributed by atoms with van der Waals surface area (Å²) < 4.78 is 2.72. The van der Waals surface area contributed by atoms with E-state index in [0.29, 0.717) is 16.7 Å². The second-order valence-electron chi connectivity index (χ2n) is 7.12. The standard InChI is InChI=1S/C22H21ClN4OS/c1-14-9-18(23)11-19-21(14)24-22(29-19)26(12-17-7-5-4-6-8-17)20(28)13-27-16(3)10-15(2)25-27/h4-11H,12-13H2,1-3H3. The number of carbonyl (C=O) groups excluding carboxylic acids is 1. The van der Waals surface area contributed by atoms with Gasteiger partial charge in [-0.3, -0.25) is 14.4 Å². The highest BCUT2D eigenvalue weighted by molar-refractivity contribution is 7.22. The van der Waals surface area contributed by atoms with Gasteiger partial charge >= 0.3 is 0 Å². The Morgan fingerprint density at radius 1 is 1.14 bits per heavy atom. The van der Waals surface area contributed by atoms with Gasteiger partial charge < -0.3 is 0 Å². The van der Waals surface area contributed by atoms with Crippen LogP contribution in [-0.4, -0.2) is 20.7 Å². The minimum atomic E-state index is -0.0529. The maximum absolute atomic E-state index is 13.3. The smallest absolute Gasteiger partial charge is 0.250 e. The van der Waals surface area contributed by atoms with E-state index in [1.54, 1.807) is 9.58 Å². The molecule has 1 amide bonds. The van der Waals surface area contributed by atoms with Gasteiger partial charge in [0.25, 0.3) is 5.91 Å². The van der Waals surface area contributed by atoms with Crippen molar-refractivity contribution >= 4 is 44.2 Å². The van der Waals surface area contributed by atoms with Crippen molar-refractivity contribution in [2.45, 2.75) is 33.9 Å². The molecular formula is C22H21ClN4OS. The molecule has 0 radical (unpaired) electrons. The monoisotopic (exact) mass is 424 g/mol. The third kappa shape index (κ3) is 4.18. The number of anilines is 1. The molecule has 5 nitrogen and oxygen atoms in total. The van der Waals surface area contributed by atoms with E-state index in [9.17, 15) is 4.79 Å². The molecule has 0 N–H and O–H groups in total. The van der Waals surface area contributed by atoms with Gasteiger partial charge in [0, 0.05) is 10.7 Å². The molecule has 4 aromatic rings. The number of thiazole rings is 1. The summed E-state index contributed by atoms with van der Waals surface area (Å²) in [5, 5.41) is 5.78. The van der Waals surface area contributed by atoms with Gasteiger partial charge in [0.05, 0.1) is 22.5 Å². The van der Waals surface area contributed by atoms with Gasteiger partial charge in [0.1, 0.15) is 6.54 Å². The molecule has 0 saturated carbocycles. The Morgan fingerprint density at radius 3 is 2.59 bits per heavy atom. The first-order valence-electron chi connectivity index (χ1n) is 9.33. The van der Waals surface area contributed by atoms with Crippen molar-refractivity contribution in [2.24, 2.45) is 0 Å². The second kappa shape index (κ2) is 7.97. The summed E-state index contributed by atoms with van der Waals surface area (Å²) in [6, 6.07) is 15.7. The Bertz CT molecular complexity index is 1180. The van der Waals surface area contributed by atoms with Gasteiger partial charge in [-0.25, -0.2) is 4.98 Å². The molecule has 4 rings (SSSR count). The summed E-state index contributed by atoms with van der Waals surface area (Å²) in [6.07, 6.45) is 0. The van der Waals surface area contributed by atoms with E-state index in [1.165, 1.54) is 11.3 Å². The molecule has 0 fully saturated rings. The Kier molecular flexibility index (Phi) is 5.39. The summed E-state index contributed by atoms with van der Waals surface area (Å²) in [6.45, 7) is 6.48. The largest absolute Gasteiger partial charge is 0.282 e. The first kappa shape index (κ1) is 19.6. The van der Waals surface area contributed by atoms with Gasteiger partial charge in [-0.15, -0.1) is 0 Å². The van der Waals surface area contributed by atoms with E-state index in [-0.39, 0.29) is 12.5 Å². The lowest BCUT2D eigenvalue weighted by molar-refractivity contribution is -0.119. The first-order valence-corrected chi connectivity index (χ1v) is 10.5. The van der Waals surface area contributed by atoms with Gasteiger partial charge in [0.2, 0.25) is 0 Å². The van der Waals surface area contributed by atoms with Crippen LogP contribution in [0.25, 0.3) is 10.2 Å². The predicted molar refractivity (Wildman–Crippen MR) is 119 cm³/mol. The number of fused-ring (bicyclic) bond motifs is 1. The number of aromatic nitrogens is 3. The number of rotatable bonds is 5. The van der Waals surface area contributed by atoms with Crippen LogP contribution in [0.15, 0.2) is 48.5 Å². The zero-order valence-corrected chi connectivity index (χ0v) is 18.1. The number of hydrogen-bond acceptors (Lipinski definition) is 4. The lowest BCUT2D eigenvalue weighted by Crippen LogP contribution is -2.34. The van der Waals surface area contributed by atoms with Crippen LogP contribution in [-0.2, 0) is 17.9 Å². The molecule has 0 saturated heterocycles. The van der Waals surface area contributed by atoms with Gasteiger partial charge in [-0.2, -0.15) is 5.10 Å². The highest BCUT2D eigenvalue weighted by Crippen LogP contribution is 2.33. The van der Waals surface area contributed by atoms with Crippen molar-refractivity contribution in [3.63, 3.8) is 0 Å². The van der Waals surface area contributed by atoms with Crippen LogP contribution in [0.2, 0.25) is 5.02 Å². The van der Waals surface area contributed by atoms with E-state index >= 15 is 0 Å². The van der Waals surface area contributed by atoms with Crippen molar-refractivity contribution in [2.75, 3.05) is 4.90 Å². The third-order valence-electron chi connectivity index (χ3n) is 4.74. The SMILES string of the molecule is Cc1cc(C)n(CC(=O)N(Cc2ccccc2)c2nc3c(C)cc(Cl)cc3s2)n1. The molecule has 0 bridgehead atoms. The molecular weight excluding hydrogens is 404 g/mol. The Morgan fingerprint density at radius 2 is 1.90 bits per heavy atom. The van der Waals surface area contributed by atoms with Crippen LogP contribution in [0.1, 0.15) is 22.5 Å². The van der Waals surface area contributed by atoms with Crippen molar-refractivity contribution < 1.29 is 4.79 Å². The number of aryl methyl sites for hydroxylation is 3. The maximum Gasteiger partial charge on any atom is 0.250 e. The molecule has 7 heteroatoms. The Labute approximate surface area is 178 Å². The van der Waals surface area contributed by atoms with Gasteiger partial charge in [0.15, 0.2) is 5.13 Å². The number of carbonyl (C=O) groups is 1. The molecule has 0 unspecified atom stereocenters. The summed E-state index contributed by atoms with van der Waals surface area (Å²) >= 11 is 7.70. The molecule has 29 heavy (non-hydrogen) atoms. The highest BCUT2D eigenvalue weighted by Gasteiger charge is 2.22. The summed E-state index contributed by atoms with van der Waals surface area (Å²) in [5.41, 5.74) is 4.79. The fourth-order valence-electron chi connectivity index (χ4n) is 3.34. The molecule has 0 spiro atoms. The minimum absolute atomic E-state index is 0.0529. The molecule has 2 heterocycles. The summed E-state index contributed by atoms with van der Waals surface area (Å²) in [5.74, 6) is -0.0529. The fraction of sp³-hybridized carbons (Fsp3) is 0.227. The fourth-order valence-corrected chi connectivity index (χ4v) is 4.77. The predicted octanol–water partition coefficient (Wildman–Crippen LogP) is 5.30. The zero-order valence-electron chi connectivity index (χ0n) is 16.5. The van der Waals surface area contributed by atoms with E-state index in [0.717, 1.165) is 32.7 Å². The number of halogens is 1. The van der Waals surface area contributed by atoms with Gasteiger partial charge in [-0.05, 0) is 50.1 Å². The molecule has 2 aromatic heterocycles. The van der Waals surface area contributed by atoms with Crippen molar-refractivity contribution in [3.8, 4) is 0 Å². The number of benzene rings is 2. The van der Waals surface area contributed by atoms with E-state index in [1.807, 2.05) is 69.3 Å². The molecule has 0 aliphatic heterocycles. The van der Waals surface area contributed by atoms with Crippen LogP contribution in [0.4, 0.5) is 5.13 Å². The average molecular weight is 425 g/mol. The van der Waals surface area contributed by atoms with Crippen LogP contribution in [0.3, 0.4) is 0 Å². The summed E-state index contributed by atoms with van der Waals surface area (Å²) in [7, 11) is 0. The van der Waals surface area contributed by atoms with Crippen molar-refractivity contribution in [1.82, 2.24) is 14.8 Å². The Balaban J connectivity index is 1.72. The third-order valence-corrected chi connectivity index (χ3v) is 5.99. The van der Waals surface area contributed by atoms with E-state index < -0.39 is 0 Å². The van der Waals surface area contributed by atoms with Crippen molar-refractivity contribution in [3.05, 3.63) is 76.1 Å².